The molecule has 1 aliphatic heterocycles. The zero-order chi connectivity index (χ0) is 15.9. The van der Waals surface area contributed by atoms with Gasteiger partial charge in [-0.3, -0.25) is 4.79 Å². The summed E-state index contributed by atoms with van der Waals surface area (Å²) in [7, 11) is 0. The summed E-state index contributed by atoms with van der Waals surface area (Å²) in [5, 5.41) is 9.07. The van der Waals surface area contributed by atoms with E-state index in [9.17, 15) is 9.59 Å². The maximum Gasteiger partial charge on any atom is 0.326 e. The number of hydrogen-bond acceptors (Lipinski definition) is 4. The highest BCUT2D eigenvalue weighted by Crippen LogP contribution is 2.20. The number of nitrogens with zero attached hydrogens (tertiary/aromatic N) is 1. The monoisotopic (exact) mass is 307 g/mol. The van der Waals surface area contributed by atoms with Crippen molar-refractivity contribution in [2.45, 2.75) is 32.2 Å². The average molecular weight is 307 g/mol. The number of aliphatic carboxylic acids is 1. The topological polar surface area (TPSA) is 76.1 Å². The first-order valence-electron chi connectivity index (χ1n) is 7.49. The molecule has 120 valence electrons. The molecule has 1 heterocycles. The third kappa shape index (κ3) is 4.13. The van der Waals surface area contributed by atoms with Gasteiger partial charge in [0.1, 0.15) is 17.5 Å². The van der Waals surface area contributed by atoms with E-state index in [1.165, 1.54) is 4.90 Å². The number of carbonyl (C=O) groups excluding carboxylic acids is 1. The zero-order valence-corrected chi connectivity index (χ0v) is 12.7. The van der Waals surface area contributed by atoms with Crippen LogP contribution in [0, 0.1) is 0 Å². The second kappa shape index (κ2) is 7.68. The van der Waals surface area contributed by atoms with Gasteiger partial charge in [0.05, 0.1) is 6.61 Å². The van der Waals surface area contributed by atoms with Gasteiger partial charge >= 0.3 is 5.97 Å². The lowest BCUT2D eigenvalue weighted by Gasteiger charge is -2.21. The van der Waals surface area contributed by atoms with Crippen LogP contribution in [0.1, 0.15) is 26.2 Å². The molecule has 1 aromatic carbocycles. The molecule has 1 saturated heterocycles. The van der Waals surface area contributed by atoms with E-state index >= 15 is 0 Å². The molecule has 0 radical (unpaired) electrons. The first-order chi connectivity index (χ1) is 10.6. The molecule has 6 heteroatoms. The minimum Gasteiger partial charge on any atom is -0.494 e. The Bertz CT molecular complexity index is 514. The van der Waals surface area contributed by atoms with E-state index in [1.807, 2.05) is 6.92 Å². The predicted molar refractivity (Wildman–Crippen MR) is 80.1 cm³/mol. The van der Waals surface area contributed by atoms with Gasteiger partial charge in [-0.2, -0.15) is 0 Å². The number of ether oxygens (including phenoxy) is 2. The summed E-state index contributed by atoms with van der Waals surface area (Å²) in [5.41, 5.74) is 0. The highest BCUT2D eigenvalue weighted by molar-refractivity contribution is 5.85. The van der Waals surface area contributed by atoms with Gasteiger partial charge in [0.2, 0.25) is 0 Å². The molecule has 0 aliphatic carbocycles. The minimum atomic E-state index is -0.955. The van der Waals surface area contributed by atoms with Crippen LogP contribution in [0.3, 0.4) is 0 Å². The Morgan fingerprint density at radius 1 is 1.23 bits per heavy atom. The molecule has 0 unspecified atom stereocenters. The summed E-state index contributed by atoms with van der Waals surface area (Å²) >= 11 is 0. The quantitative estimate of drug-likeness (QED) is 0.833. The number of amides is 1. The molecule has 0 aromatic heterocycles. The van der Waals surface area contributed by atoms with Gasteiger partial charge in [-0.05, 0) is 43.5 Å². The highest BCUT2D eigenvalue weighted by atomic mass is 16.5. The Morgan fingerprint density at radius 3 is 2.45 bits per heavy atom. The molecule has 22 heavy (non-hydrogen) atoms. The van der Waals surface area contributed by atoms with Crippen molar-refractivity contribution >= 4 is 11.9 Å². The summed E-state index contributed by atoms with van der Waals surface area (Å²) in [4.78, 5) is 24.5. The van der Waals surface area contributed by atoms with Crippen molar-refractivity contribution < 1.29 is 24.2 Å². The van der Waals surface area contributed by atoms with Crippen LogP contribution in [0.25, 0.3) is 0 Å². The Labute approximate surface area is 129 Å². The van der Waals surface area contributed by atoms with Crippen molar-refractivity contribution in [2.75, 3.05) is 19.8 Å². The summed E-state index contributed by atoms with van der Waals surface area (Å²) in [6, 6.07) is 6.31. The Hall–Kier alpha value is -2.24. The number of rotatable bonds is 7. The lowest BCUT2D eigenvalue weighted by Crippen LogP contribution is -2.42. The van der Waals surface area contributed by atoms with Crippen LogP contribution in [0.5, 0.6) is 11.5 Å². The summed E-state index contributed by atoms with van der Waals surface area (Å²) in [5.74, 6) is 0.0637. The molecule has 2 rings (SSSR count). The van der Waals surface area contributed by atoms with E-state index in [4.69, 9.17) is 14.6 Å². The first-order valence-corrected chi connectivity index (χ1v) is 7.49. The van der Waals surface area contributed by atoms with Gasteiger partial charge in [-0.15, -0.1) is 0 Å². The fourth-order valence-electron chi connectivity index (χ4n) is 2.40. The second-order valence-corrected chi connectivity index (χ2v) is 5.19. The first kappa shape index (κ1) is 16.1. The number of likely N-dealkylation sites (tertiary alicyclic amines) is 1. The van der Waals surface area contributed by atoms with Crippen LogP contribution >= 0.6 is 0 Å². The number of benzene rings is 1. The molecule has 1 aliphatic rings. The number of hydrogen-bond donors (Lipinski definition) is 1. The molecular weight excluding hydrogens is 286 g/mol. The van der Waals surface area contributed by atoms with E-state index < -0.39 is 12.0 Å². The molecule has 1 N–H and O–H groups in total. The van der Waals surface area contributed by atoms with E-state index in [2.05, 4.69) is 0 Å². The largest absolute Gasteiger partial charge is 0.494 e. The molecular formula is C16H21NO5. The van der Waals surface area contributed by atoms with Crippen molar-refractivity contribution in [1.29, 1.82) is 0 Å². The van der Waals surface area contributed by atoms with Crippen LogP contribution in [-0.4, -0.2) is 47.7 Å². The lowest BCUT2D eigenvalue weighted by molar-refractivity contribution is -0.148. The SMILES string of the molecule is CCCOc1ccc(OCC(=O)N2CCC[C@@H]2C(=O)O)cc1. The molecule has 1 amide bonds. The zero-order valence-electron chi connectivity index (χ0n) is 12.7. The van der Waals surface area contributed by atoms with Crippen LogP contribution in [-0.2, 0) is 9.59 Å². The van der Waals surface area contributed by atoms with Gasteiger partial charge in [0.25, 0.3) is 5.91 Å². The van der Waals surface area contributed by atoms with Crippen molar-refractivity contribution in [1.82, 2.24) is 4.90 Å². The molecule has 6 nitrogen and oxygen atoms in total. The molecule has 1 aromatic rings. The van der Waals surface area contributed by atoms with Gasteiger partial charge in [-0.25, -0.2) is 4.79 Å². The maximum atomic E-state index is 12.1. The Balaban J connectivity index is 1.84. The van der Waals surface area contributed by atoms with E-state index in [1.54, 1.807) is 24.3 Å². The summed E-state index contributed by atoms with van der Waals surface area (Å²) < 4.78 is 10.9. The predicted octanol–water partition coefficient (Wildman–Crippen LogP) is 1.93. The fourth-order valence-corrected chi connectivity index (χ4v) is 2.40. The summed E-state index contributed by atoms with van der Waals surface area (Å²) in [6.07, 6.45) is 2.16. The highest BCUT2D eigenvalue weighted by Gasteiger charge is 2.33. The van der Waals surface area contributed by atoms with Gasteiger partial charge in [-0.1, -0.05) is 6.92 Å². The van der Waals surface area contributed by atoms with E-state index in [0.717, 1.165) is 12.2 Å². The number of carboxylic acid groups (broad SMARTS) is 1. The Morgan fingerprint density at radius 2 is 1.86 bits per heavy atom. The summed E-state index contributed by atoms with van der Waals surface area (Å²) in [6.45, 7) is 3.01. The average Bonchev–Trinajstić information content (AvgIpc) is 3.01. The standard InChI is InChI=1S/C16H21NO5/c1-2-10-21-12-5-7-13(8-6-12)22-11-15(18)17-9-3-4-14(17)16(19)20/h5-8,14H,2-4,9-11H2,1H3,(H,19,20)/t14-/m1/s1. The van der Waals surface area contributed by atoms with Crippen molar-refractivity contribution in [3.63, 3.8) is 0 Å². The van der Waals surface area contributed by atoms with E-state index in [-0.39, 0.29) is 12.5 Å². The third-order valence-corrected chi connectivity index (χ3v) is 3.52. The fraction of sp³-hybridized carbons (Fsp3) is 0.500. The van der Waals surface area contributed by atoms with Gasteiger partial charge < -0.3 is 19.5 Å². The Kier molecular flexibility index (Phi) is 5.63. The van der Waals surface area contributed by atoms with Crippen LogP contribution in [0.4, 0.5) is 0 Å². The van der Waals surface area contributed by atoms with Crippen molar-refractivity contribution in [3.05, 3.63) is 24.3 Å². The molecule has 0 saturated carbocycles. The van der Waals surface area contributed by atoms with E-state index in [0.29, 0.717) is 31.7 Å². The van der Waals surface area contributed by atoms with Gasteiger partial charge in [0.15, 0.2) is 6.61 Å². The number of carboxylic acids is 1. The normalized spacial score (nSPS) is 17.3. The van der Waals surface area contributed by atoms with Crippen LogP contribution in [0.2, 0.25) is 0 Å². The molecule has 0 spiro atoms. The van der Waals surface area contributed by atoms with Crippen molar-refractivity contribution in [3.8, 4) is 11.5 Å². The van der Waals surface area contributed by atoms with Crippen LogP contribution < -0.4 is 9.47 Å². The molecule has 1 atom stereocenters. The van der Waals surface area contributed by atoms with Gasteiger partial charge in [0, 0.05) is 6.54 Å². The maximum absolute atomic E-state index is 12.1. The second-order valence-electron chi connectivity index (χ2n) is 5.19. The third-order valence-electron chi connectivity index (χ3n) is 3.52. The minimum absolute atomic E-state index is 0.154. The lowest BCUT2D eigenvalue weighted by atomic mass is 10.2. The smallest absolute Gasteiger partial charge is 0.326 e. The van der Waals surface area contributed by atoms with Crippen LogP contribution in [0.15, 0.2) is 24.3 Å². The van der Waals surface area contributed by atoms with Crippen molar-refractivity contribution in [2.24, 2.45) is 0 Å². The molecule has 0 bridgehead atoms. The number of carbonyl (C=O) groups is 2. The molecule has 1 fully saturated rings.